The number of hydrazone groups is 1. The molecule has 2 amide bonds. The Morgan fingerprint density at radius 3 is 2.39 bits per heavy atom. The number of benzene rings is 1. The van der Waals surface area contributed by atoms with Crippen molar-refractivity contribution >= 4 is 46.4 Å². The molecule has 1 aromatic carbocycles. The van der Waals surface area contributed by atoms with Crippen LogP contribution < -0.4 is 10.7 Å². The zero-order chi connectivity index (χ0) is 16.8. The first-order valence-electron chi connectivity index (χ1n) is 6.48. The first-order chi connectivity index (χ1) is 11.0. The van der Waals surface area contributed by atoms with Gasteiger partial charge in [-0.1, -0.05) is 23.2 Å². The molecule has 0 aliphatic heterocycles. The molecule has 0 aliphatic carbocycles. The third-order valence-electron chi connectivity index (χ3n) is 2.81. The van der Waals surface area contributed by atoms with Crippen LogP contribution in [0.15, 0.2) is 47.8 Å². The van der Waals surface area contributed by atoms with Gasteiger partial charge in [-0.25, -0.2) is 5.43 Å². The Balaban J connectivity index is 1.97. The molecular weight excluding hydrogens is 339 g/mol. The number of aromatic nitrogens is 1. The molecular formula is C15H12Cl2N4O2. The Labute approximate surface area is 142 Å². The molecule has 0 unspecified atom stereocenters. The third-order valence-corrected chi connectivity index (χ3v) is 3.55. The van der Waals surface area contributed by atoms with Crippen molar-refractivity contribution in [2.24, 2.45) is 5.10 Å². The maximum absolute atomic E-state index is 11.8. The molecule has 0 saturated heterocycles. The minimum atomic E-state index is -0.899. The van der Waals surface area contributed by atoms with E-state index in [9.17, 15) is 9.59 Å². The molecule has 0 fully saturated rings. The Bertz CT molecular complexity index is 763. The highest BCUT2D eigenvalue weighted by atomic mass is 35.5. The van der Waals surface area contributed by atoms with E-state index in [4.69, 9.17) is 23.2 Å². The Morgan fingerprint density at radius 2 is 1.74 bits per heavy atom. The van der Waals surface area contributed by atoms with Gasteiger partial charge in [0.2, 0.25) is 0 Å². The van der Waals surface area contributed by atoms with Gasteiger partial charge in [-0.05, 0) is 37.3 Å². The van der Waals surface area contributed by atoms with Gasteiger partial charge in [0, 0.05) is 23.6 Å². The fourth-order valence-corrected chi connectivity index (χ4v) is 1.90. The summed E-state index contributed by atoms with van der Waals surface area (Å²) < 4.78 is 0. The lowest BCUT2D eigenvalue weighted by atomic mass is 10.2. The molecule has 0 radical (unpaired) electrons. The summed E-state index contributed by atoms with van der Waals surface area (Å²) in [6.07, 6.45) is 3.21. The second kappa shape index (κ2) is 7.71. The van der Waals surface area contributed by atoms with Crippen molar-refractivity contribution in [3.8, 4) is 0 Å². The first-order valence-corrected chi connectivity index (χ1v) is 7.24. The van der Waals surface area contributed by atoms with Gasteiger partial charge in [-0.15, -0.1) is 0 Å². The number of amides is 2. The van der Waals surface area contributed by atoms with Crippen molar-refractivity contribution in [3.05, 3.63) is 58.3 Å². The van der Waals surface area contributed by atoms with E-state index in [-0.39, 0.29) is 5.02 Å². The lowest BCUT2D eigenvalue weighted by Gasteiger charge is -2.06. The summed E-state index contributed by atoms with van der Waals surface area (Å²) in [5.41, 5.74) is 3.87. The fourth-order valence-electron chi connectivity index (χ4n) is 1.60. The fraction of sp³-hybridized carbons (Fsp3) is 0.0667. The molecule has 0 spiro atoms. The van der Waals surface area contributed by atoms with Gasteiger partial charge in [0.1, 0.15) is 0 Å². The molecule has 8 heteroatoms. The minimum absolute atomic E-state index is 0.274. The molecule has 2 N–H and O–H groups in total. The molecule has 0 atom stereocenters. The highest BCUT2D eigenvalue weighted by Gasteiger charge is 2.14. The largest absolute Gasteiger partial charge is 0.329 e. The lowest BCUT2D eigenvalue weighted by molar-refractivity contribution is -0.136. The van der Waals surface area contributed by atoms with E-state index in [0.29, 0.717) is 16.4 Å². The summed E-state index contributed by atoms with van der Waals surface area (Å²) in [5.74, 6) is -1.76. The third kappa shape index (κ3) is 4.77. The zero-order valence-corrected chi connectivity index (χ0v) is 13.5. The van der Waals surface area contributed by atoms with E-state index in [0.717, 1.165) is 5.56 Å². The summed E-state index contributed by atoms with van der Waals surface area (Å²) in [4.78, 5) is 27.4. The molecule has 0 aliphatic rings. The summed E-state index contributed by atoms with van der Waals surface area (Å²) in [6, 6.07) is 7.97. The van der Waals surface area contributed by atoms with Crippen molar-refractivity contribution in [2.75, 3.05) is 5.32 Å². The predicted molar refractivity (Wildman–Crippen MR) is 89.7 cm³/mol. The standard InChI is InChI=1S/C15H12Cl2N4O2/c1-9(10-4-6-18-7-5-10)20-21-15(23)14(22)19-11-2-3-12(16)13(17)8-11/h2-8H,1H3,(H,19,22)(H,21,23). The number of rotatable bonds is 3. The van der Waals surface area contributed by atoms with Crippen LogP contribution >= 0.6 is 23.2 Å². The van der Waals surface area contributed by atoms with Gasteiger partial charge in [0.15, 0.2) is 0 Å². The van der Waals surface area contributed by atoms with E-state index in [1.165, 1.54) is 18.2 Å². The van der Waals surface area contributed by atoms with Crippen LogP contribution in [0.1, 0.15) is 12.5 Å². The first kappa shape index (κ1) is 16.9. The predicted octanol–water partition coefficient (Wildman–Crippen LogP) is 2.87. The minimum Gasteiger partial charge on any atom is -0.318 e. The number of pyridine rings is 1. The molecule has 6 nitrogen and oxygen atoms in total. The summed E-state index contributed by atoms with van der Waals surface area (Å²) in [7, 11) is 0. The molecule has 1 heterocycles. The number of carbonyl (C=O) groups is 2. The molecule has 23 heavy (non-hydrogen) atoms. The van der Waals surface area contributed by atoms with Gasteiger partial charge < -0.3 is 5.32 Å². The maximum atomic E-state index is 11.8. The highest BCUT2D eigenvalue weighted by molar-refractivity contribution is 6.43. The zero-order valence-electron chi connectivity index (χ0n) is 12.0. The Kier molecular flexibility index (Phi) is 5.67. The van der Waals surface area contributed by atoms with Crippen LogP contribution in [0.2, 0.25) is 10.0 Å². The van der Waals surface area contributed by atoms with Crippen LogP contribution in [0.25, 0.3) is 0 Å². The highest BCUT2D eigenvalue weighted by Crippen LogP contribution is 2.24. The van der Waals surface area contributed by atoms with Crippen molar-refractivity contribution < 1.29 is 9.59 Å². The van der Waals surface area contributed by atoms with Crippen LogP contribution in [0.5, 0.6) is 0 Å². The second-order valence-electron chi connectivity index (χ2n) is 4.46. The lowest BCUT2D eigenvalue weighted by Crippen LogP contribution is -2.32. The van der Waals surface area contributed by atoms with Crippen molar-refractivity contribution in [2.45, 2.75) is 6.92 Å². The summed E-state index contributed by atoms with van der Waals surface area (Å²) in [5, 5.41) is 6.90. The van der Waals surface area contributed by atoms with E-state index < -0.39 is 11.8 Å². The van der Waals surface area contributed by atoms with E-state index in [2.05, 4.69) is 20.8 Å². The molecule has 2 aromatic rings. The van der Waals surface area contributed by atoms with Gasteiger partial charge >= 0.3 is 11.8 Å². The van der Waals surface area contributed by atoms with Crippen LogP contribution in [-0.4, -0.2) is 22.5 Å². The quantitative estimate of drug-likeness (QED) is 0.507. The van der Waals surface area contributed by atoms with Gasteiger partial charge in [0.05, 0.1) is 15.8 Å². The average Bonchev–Trinajstić information content (AvgIpc) is 2.56. The van der Waals surface area contributed by atoms with Crippen molar-refractivity contribution in [1.29, 1.82) is 0 Å². The number of nitrogens with one attached hydrogen (secondary N) is 2. The van der Waals surface area contributed by atoms with Crippen LogP contribution in [0.4, 0.5) is 5.69 Å². The Hall–Kier alpha value is -2.44. The van der Waals surface area contributed by atoms with Crippen molar-refractivity contribution in [1.82, 2.24) is 10.4 Å². The van der Waals surface area contributed by atoms with Gasteiger partial charge in [-0.3, -0.25) is 14.6 Å². The maximum Gasteiger partial charge on any atom is 0.329 e. The van der Waals surface area contributed by atoms with E-state index in [1.807, 2.05) is 0 Å². The van der Waals surface area contributed by atoms with Crippen molar-refractivity contribution in [3.63, 3.8) is 0 Å². The van der Waals surface area contributed by atoms with Crippen LogP contribution in [0, 0.1) is 0 Å². The molecule has 118 valence electrons. The number of nitrogens with zero attached hydrogens (tertiary/aromatic N) is 2. The number of anilines is 1. The van der Waals surface area contributed by atoms with Crippen LogP contribution in [0.3, 0.4) is 0 Å². The van der Waals surface area contributed by atoms with Gasteiger partial charge in [-0.2, -0.15) is 5.10 Å². The van der Waals surface area contributed by atoms with E-state index >= 15 is 0 Å². The second-order valence-corrected chi connectivity index (χ2v) is 5.27. The number of carbonyl (C=O) groups excluding carboxylic acids is 2. The molecule has 0 bridgehead atoms. The topological polar surface area (TPSA) is 83.5 Å². The molecule has 1 aromatic heterocycles. The Morgan fingerprint density at radius 1 is 1.04 bits per heavy atom. The summed E-state index contributed by atoms with van der Waals surface area (Å²) >= 11 is 11.6. The monoisotopic (exact) mass is 350 g/mol. The summed E-state index contributed by atoms with van der Waals surface area (Å²) in [6.45, 7) is 1.70. The number of hydrogen-bond donors (Lipinski definition) is 2. The number of halogens is 2. The normalized spacial score (nSPS) is 11.0. The average molecular weight is 351 g/mol. The van der Waals surface area contributed by atoms with Gasteiger partial charge in [0.25, 0.3) is 0 Å². The molecule has 0 saturated carbocycles. The van der Waals surface area contributed by atoms with Crippen LogP contribution in [-0.2, 0) is 9.59 Å². The number of hydrogen-bond acceptors (Lipinski definition) is 4. The smallest absolute Gasteiger partial charge is 0.318 e. The SMILES string of the molecule is CC(=NNC(=O)C(=O)Nc1ccc(Cl)c(Cl)c1)c1ccncc1. The molecule has 2 rings (SSSR count). The van der Waals surface area contributed by atoms with E-state index in [1.54, 1.807) is 31.5 Å².